The fourth-order valence-corrected chi connectivity index (χ4v) is 1.35. The Bertz CT molecular complexity index is 398. The SMILES string of the molecule is CCC#CCC(C)c1ccc(C#N)cc1. The summed E-state index contributed by atoms with van der Waals surface area (Å²) in [5, 5.41) is 8.67. The lowest BCUT2D eigenvalue weighted by molar-refractivity contribution is 0.795. The molecule has 0 radical (unpaired) electrons. The minimum Gasteiger partial charge on any atom is -0.192 e. The molecule has 0 bridgehead atoms. The first kappa shape index (κ1) is 11.3. The van der Waals surface area contributed by atoms with E-state index in [9.17, 15) is 0 Å². The molecule has 1 aromatic rings. The van der Waals surface area contributed by atoms with Gasteiger partial charge in [-0.1, -0.05) is 26.0 Å². The first-order chi connectivity index (χ1) is 7.27. The summed E-state index contributed by atoms with van der Waals surface area (Å²) in [6.07, 6.45) is 1.81. The van der Waals surface area contributed by atoms with Gasteiger partial charge in [0, 0.05) is 12.8 Å². The number of hydrogen-bond donors (Lipinski definition) is 0. The Labute approximate surface area is 91.7 Å². The molecule has 0 fully saturated rings. The minimum atomic E-state index is 0.441. The van der Waals surface area contributed by atoms with Crippen LogP contribution in [0.15, 0.2) is 24.3 Å². The molecule has 0 heterocycles. The molecule has 0 spiro atoms. The van der Waals surface area contributed by atoms with Gasteiger partial charge >= 0.3 is 0 Å². The molecule has 1 rings (SSSR count). The van der Waals surface area contributed by atoms with Crippen LogP contribution >= 0.6 is 0 Å². The van der Waals surface area contributed by atoms with E-state index < -0.39 is 0 Å². The molecule has 0 aromatic heterocycles. The first-order valence-corrected chi connectivity index (χ1v) is 5.23. The smallest absolute Gasteiger partial charge is 0.0991 e. The molecule has 1 heteroatoms. The van der Waals surface area contributed by atoms with Crippen LogP contribution in [0.1, 0.15) is 43.7 Å². The Balaban J connectivity index is 2.66. The third-order valence-electron chi connectivity index (χ3n) is 2.32. The Morgan fingerprint density at radius 3 is 2.40 bits per heavy atom. The number of benzene rings is 1. The van der Waals surface area contributed by atoms with Gasteiger partial charge in [-0.3, -0.25) is 0 Å². The van der Waals surface area contributed by atoms with Gasteiger partial charge < -0.3 is 0 Å². The lowest BCUT2D eigenvalue weighted by Gasteiger charge is -2.07. The van der Waals surface area contributed by atoms with Gasteiger partial charge in [0.25, 0.3) is 0 Å². The number of nitrogens with zero attached hydrogens (tertiary/aromatic N) is 1. The van der Waals surface area contributed by atoms with E-state index in [0.717, 1.165) is 12.8 Å². The average Bonchev–Trinajstić information content (AvgIpc) is 2.29. The molecule has 1 aromatic carbocycles. The van der Waals surface area contributed by atoms with Crippen molar-refractivity contribution in [1.82, 2.24) is 0 Å². The van der Waals surface area contributed by atoms with Crippen molar-refractivity contribution in [2.45, 2.75) is 32.6 Å². The van der Waals surface area contributed by atoms with Gasteiger partial charge in [0.15, 0.2) is 0 Å². The summed E-state index contributed by atoms with van der Waals surface area (Å²) in [6.45, 7) is 4.21. The van der Waals surface area contributed by atoms with Crippen molar-refractivity contribution in [3.05, 3.63) is 35.4 Å². The van der Waals surface area contributed by atoms with Crippen LogP contribution in [-0.2, 0) is 0 Å². The van der Waals surface area contributed by atoms with Crippen molar-refractivity contribution in [2.24, 2.45) is 0 Å². The highest BCUT2D eigenvalue weighted by atomic mass is 14.2. The van der Waals surface area contributed by atoms with Gasteiger partial charge in [-0.25, -0.2) is 0 Å². The third kappa shape index (κ3) is 3.49. The standard InChI is InChI=1S/C14H15N/c1-3-4-5-6-12(2)14-9-7-13(11-15)8-10-14/h7-10,12H,3,6H2,1-2H3. The zero-order valence-electron chi connectivity index (χ0n) is 9.25. The molecule has 0 saturated heterocycles. The molecule has 1 unspecified atom stereocenters. The topological polar surface area (TPSA) is 23.8 Å². The maximum Gasteiger partial charge on any atom is 0.0991 e. The van der Waals surface area contributed by atoms with Crippen molar-refractivity contribution in [2.75, 3.05) is 0 Å². The van der Waals surface area contributed by atoms with Gasteiger partial charge in [0.1, 0.15) is 0 Å². The van der Waals surface area contributed by atoms with E-state index in [2.05, 4.69) is 31.8 Å². The fourth-order valence-electron chi connectivity index (χ4n) is 1.35. The van der Waals surface area contributed by atoms with E-state index in [4.69, 9.17) is 5.26 Å². The van der Waals surface area contributed by atoms with Crippen LogP contribution in [0.25, 0.3) is 0 Å². The number of hydrogen-bond acceptors (Lipinski definition) is 1. The molecule has 0 aliphatic rings. The summed E-state index contributed by atoms with van der Waals surface area (Å²) >= 11 is 0. The Hall–Kier alpha value is -1.73. The van der Waals surface area contributed by atoms with Crippen LogP contribution in [0.4, 0.5) is 0 Å². The summed E-state index contributed by atoms with van der Waals surface area (Å²) in [5.41, 5.74) is 1.96. The van der Waals surface area contributed by atoms with Crippen molar-refractivity contribution >= 4 is 0 Å². The largest absolute Gasteiger partial charge is 0.192 e. The van der Waals surface area contributed by atoms with Crippen molar-refractivity contribution in [3.63, 3.8) is 0 Å². The highest BCUT2D eigenvalue weighted by Gasteiger charge is 2.02. The van der Waals surface area contributed by atoms with Crippen LogP contribution in [-0.4, -0.2) is 0 Å². The second kappa shape index (κ2) is 5.89. The predicted molar refractivity (Wildman–Crippen MR) is 62.3 cm³/mol. The van der Waals surface area contributed by atoms with Gasteiger partial charge in [-0.15, -0.1) is 11.8 Å². The molecule has 0 N–H and O–H groups in total. The zero-order valence-corrected chi connectivity index (χ0v) is 9.25. The maximum absolute atomic E-state index is 8.67. The Kier molecular flexibility index (Phi) is 4.45. The van der Waals surface area contributed by atoms with Crippen LogP contribution in [0.5, 0.6) is 0 Å². The third-order valence-corrected chi connectivity index (χ3v) is 2.32. The lowest BCUT2D eigenvalue weighted by Crippen LogP contribution is -1.91. The summed E-state index contributed by atoms with van der Waals surface area (Å²) in [7, 11) is 0. The van der Waals surface area contributed by atoms with Crippen LogP contribution in [0.3, 0.4) is 0 Å². The highest BCUT2D eigenvalue weighted by molar-refractivity contribution is 5.33. The summed E-state index contributed by atoms with van der Waals surface area (Å²) < 4.78 is 0. The summed E-state index contributed by atoms with van der Waals surface area (Å²) in [5.74, 6) is 6.66. The van der Waals surface area contributed by atoms with Crippen molar-refractivity contribution < 1.29 is 0 Å². The zero-order chi connectivity index (χ0) is 11.1. The maximum atomic E-state index is 8.67. The molecule has 15 heavy (non-hydrogen) atoms. The molecule has 76 valence electrons. The second-order valence-corrected chi connectivity index (χ2v) is 3.55. The molecule has 0 aliphatic heterocycles. The number of rotatable bonds is 2. The van der Waals surface area contributed by atoms with E-state index >= 15 is 0 Å². The number of nitriles is 1. The molecule has 0 aliphatic carbocycles. The van der Waals surface area contributed by atoms with Gasteiger partial charge in [-0.05, 0) is 23.6 Å². The van der Waals surface area contributed by atoms with Gasteiger partial charge in [0.2, 0.25) is 0 Å². The molecular formula is C14H15N. The van der Waals surface area contributed by atoms with E-state index in [0.29, 0.717) is 11.5 Å². The van der Waals surface area contributed by atoms with E-state index in [-0.39, 0.29) is 0 Å². The molecular weight excluding hydrogens is 182 g/mol. The normalized spacial score (nSPS) is 11.0. The van der Waals surface area contributed by atoms with Gasteiger partial charge in [-0.2, -0.15) is 5.26 Å². The quantitative estimate of drug-likeness (QED) is 0.666. The van der Waals surface area contributed by atoms with E-state index in [1.807, 2.05) is 24.3 Å². The fraction of sp³-hybridized carbons (Fsp3) is 0.357. The van der Waals surface area contributed by atoms with Crippen LogP contribution in [0.2, 0.25) is 0 Å². The van der Waals surface area contributed by atoms with Crippen molar-refractivity contribution in [3.8, 4) is 17.9 Å². The molecule has 0 saturated carbocycles. The van der Waals surface area contributed by atoms with Gasteiger partial charge in [0.05, 0.1) is 11.6 Å². The Morgan fingerprint density at radius 1 is 1.20 bits per heavy atom. The molecule has 1 nitrogen and oxygen atoms in total. The minimum absolute atomic E-state index is 0.441. The van der Waals surface area contributed by atoms with E-state index in [1.165, 1.54) is 5.56 Å². The highest BCUT2D eigenvalue weighted by Crippen LogP contribution is 2.18. The predicted octanol–water partition coefficient (Wildman–Crippen LogP) is 3.47. The van der Waals surface area contributed by atoms with Crippen LogP contribution < -0.4 is 0 Å². The second-order valence-electron chi connectivity index (χ2n) is 3.55. The summed E-state index contributed by atoms with van der Waals surface area (Å²) in [4.78, 5) is 0. The molecule has 0 amide bonds. The van der Waals surface area contributed by atoms with Crippen molar-refractivity contribution in [1.29, 1.82) is 5.26 Å². The summed E-state index contributed by atoms with van der Waals surface area (Å²) in [6, 6.07) is 9.86. The monoisotopic (exact) mass is 197 g/mol. The Morgan fingerprint density at radius 2 is 1.87 bits per heavy atom. The van der Waals surface area contributed by atoms with Crippen LogP contribution in [0, 0.1) is 23.2 Å². The van der Waals surface area contributed by atoms with E-state index in [1.54, 1.807) is 0 Å². The first-order valence-electron chi connectivity index (χ1n) is 5.23. The lowest BCUT2D eigenvalue weighted by atomic mass is 9.97. The average molecular weight is 197 g/mol. The molecule has 1 atom stereocenters.